The first-order chi connectivity index (χ1) is 8.99. The number of carbonyl (C=O) groups is 1. The third kappa shape index (κ3) is 1.91. The van der Waals surface area contributed by atoms with E-state index in [1.165, 1.54) is 22.7 Å². The Bertz CT molecular complexity index is 691. The molecule has 0 saturated carbocycles. The van der Waals surface area contributed by atoms with Crippen LogP contribution in [-0.2, 0) is 11.8 Å². The summed E-state index contributed by atoms with van der Waals surface area (Å²) in [6.45, 7) is 1.72. The van der Waals surface area contributed by atoms with Gasteiger partial charge >= 0.3 is 5.97 Å². The molecule has 8 heteroatoms. The van der Waals surface area contributed by atoms with Gasteiger partial charge in [0.05, 0.1) is 24.7 Å². The number of anilines is 1. The zero-order valence-electron chi connectivity index (χ0n) is 10.7. The normalized spacial score (nSPS) is 10.2. The Kier molecular flexibility index (Phi) is 2.96. The maximum absolute atomic E-state index is 11.5. The van der Waals surface area contributed by atoms with Crippen molar-refractivity contribution >= 4 is 11.7 Å². The molecule has 0 saturated heterocycles. The molecule has 0 aliphatic carbocycles. The number of methoxy groups -OCH3 is 1. The number of carbonyl (C=O) groups excluding carboxylic acids is 1. The summed E-state index contributed by atoms with van der Waals surface area (Å²) in [6.07, 6.45) is 1.45. The lowest BCUT2D eigenvalue weighted by Gasteiger charge is -2.01. The molecule has 0 fully saturated rings. The van der Waals surface area contributed by atoms with Gasteiger partial charge in [0.25, 0.3) is 0 Å². The van der Waals surface area contributed by atoms with Gasteiger partial charge in [-0.1, -0.05) is 0 Å². The molecule has 0 bridgehead atoms. The zero-order chi connectivity index (χ0) is 14.2. The van der Waals surface area contributed by atoms with Crippen LogP contribution in [0, 0.1) is 18.3 Å². The molecule has 0 unspecified atom stereocenters. The van der Waals surface area contributed by atoms with Gasteiger partial charge in [0.2, 0.25) is 0 Å². The van der Waals surface area contributed by atoms with Crippen molar-refractivity contribution in [2.45, 2.75) is 6.92 Å². The first-order valence-corrected chi connectivity index (χ1v) is 5.37. The molecular formula is C11H12N6O2. The van der Waals surface area contributed by atoms with Gasteiger partial charge in [0.1, 0.15) is 11.6 Å². The summed E-state index contributed by atoms with van der Waals surface area (Å²) in [5, 5.41) is 17.3. The maximum Gasteiger partial charge on any atom is 0.360 e. The molecule has 2 heterocycles. The summed E-state index contributed by atoms with van der Waals surface area (Å²) in [7, 11) is 2.93. The molecule has 0 spiro atoms. The van der Waals surface area contributed by atoms with Crippen molar-refractivity contribution in [3.63, 3.8) is 0 Å². The molecule has 0 atom stereocenters. The number of rotatable bonds is 2. The lowest BCUT2D eigenvalue weighted by molar-refractivity contribution is 0.0594. The van der Waals surface area contributed by atoms with Gasteiger partial charge in [-0.05, 0) is 6.92 Å². The number of nitrogen functional groups attached to an aromatic ring is 1. The highest BCUT2D eigenvalue weighted by atomic mass is 16.5. The number of nitrogens with zero attached hydrogens (tertiary/aromatic N) is 5. The van der Waals surface area contributed by atoms with E-state index < -0.39 is 5.97 Å². The molecule has 0 aliphatic rings. The number of hydrogen-bond acceptors (Lipinski definition) is 6. The average Bonchev–Trinajstić information content (AvgIpc) is 2.88. The van der Waals surface area contributed by atoms with Crippen LogP contribution < -0.4 is 5.73 Å². The lowest BCUT2D eigenvalue weighted by atomic mass is 10.3. The number of esters is 1. The van der Waals surface area contributed by atoms with Gasteiger partial charge in [0.15, 0.2) is 11.5 Å². The molecule has 0 aliphatic heterocycles. The van der Waals surface area contributed by atoms with Crippen LogP contribution in [0.1, 0.15) is 21.7 Å². The van der Waals surface area contributed by atoms with E-state index in [0.29, 0.717) is 17.1 Å². The van der Waals surface area contributed by atoms with Crippen molar-refractivity contribution in [2.24, 2.45) is 7.05 Å². The third-order valence-electron chi connectivity index (χ3n) is 2.64. The fourth-order valence-electron chi connectivity index (χ4n) is 1.79. The Morgan fingerprint density at radius 2 is 2.21 bits per heavy atom. The number of nitrogens with two attached hydrogens (primary N) is 1. The Hall–Kier alpha value is -2.82. The summed E-state index contributed by atoms with van der Waals surface area (Å²) in [5.41, 5.74) is 6.84. The molecule has 2 aromatic heterocycles. The maximum atomic E-state index is 11.5. The van der Waals surface area contributed by atoms with Crippen LogP contribution in [0.15, 0.2) is 6.20 Å². The quantitative estimate of drug-likeness (QED) is 0.769. The first kappa shape index (κ1) is 12.6. The Labute approximate surface area is 109 Å². The van der Waals surface area contributed by atoms with E-state index >= 15 is 0 Å². The zero-order valence-corrected chi connectivity index (χ0v) is 10.7. The van der Waals surface area contributed by atoms with E-state index in [0.717, 1.165) is 0 Å². The van der Waals surface area contributed by atoms with Crippen molar-refractivity contribution in [2.75, 3.05) is 12.8 Å². The monoisotopic (exact) mass is 260 g/mol. The SMILES string of the molecule is COC(=O)c1nn(-c2c(C#N)c(C)nn2C)cc1N. The Morgan fingerprint density at radius 3 is 2.79 bits per heavy atom. The first-order valence-electron chi connectivity index (χ1n) is 5.37. The summed E-state index contributed by atoms with van der Waals surface area (Å²) in [4.78, 5) is 11.5. The molecule has 2 N–H and O–H groups in total. The van der Waals surface area contributed by atoms with Crippen LogP contribution in [0.3, 0.4) is 0 Å². The second kappa shape index (κ2) is 4.45. The highest BCUT2D eigenvalue weighted by molar-refractivity contribution is 5.92. The molecule has 0 radical (unpaired) electrons. The van der Waals surface area contributed by atoms with E-state index in [1.807, 2.05) is 0 Å². The topological polar surface area (TPSA) is 112 Å². The summed E-state index contributed by atoms with van der Waals surface area (Å²) >= 11 is 0. The molecule has 8 nitrogen and oxygen atoms in total. The van der Waals surface area contributed by atoms with Crippen LogP contribution in [-0.4, -0.2) is 32.6 Å². The molecule has 0 amide bonds. The van der Waals surface area contributed by atoms with Gasteiger partial charge in [0, 0.05) is 7.05 Å². The van der Waals surface area contributed by atoms with Crippen molar-refractivity contribution in [1.29, 1.82) is 5.26 Å². The van der Waals surface area contributed by atoms with Crippen LogP contribution >= 0.6 is 0 Å². The van der Waals surface area contributed by atoms with Crippen LogP contribution in [0.4, 0.5) is 5.69 Å². The fraction of sp³-hybridized carbons (Fsp3) is 0.273. The molecule has 19 heavy (non-hydrogen) atoms. The molecular weight excluding hydrogens is 248 g/mol. The smallest absolute Gasteiger partial charge is 0.360 e. The summed E-state index contributed by atoms with van der Waals surface area (Å²) in [5.74, 6) is -0.185. The number of aryl methyl sites for hydroxylation is 2. The van der Waals surface area contributed by atoms with Crippen molar-refractivity contribution < 1.29 is 9.53 Å². The minimum atomic E-state index is -0.631. The fourth-order valence-corrected chi connectivity index (χ4v) is 1.79. The Balaban J connectivity index is 2.61. The van der Waals surface area contributed by atoms with Crippen molar-refractivity contribution in [1.82, 2.24) is 19.6 Å². The number of nitriles is 1. The lowest BCUT2D eigenvalue weighted by Crippen LogP contribution is -2.08. The molecule has 2 aromatic rings. The molecule has 0 aromatic carbocycles. The number of aromatic nitrogens is 4. The molecule has 2 rings (SSSR count). The van der Waals surface area contributed by atoms with E-state index in [-0.39, 0.29) is 11.4 Å². The van der Waals surface area contributed by atoms with Gasteiger partial charge in [-0.25, -0.2) is 14.2 Å². The van der Waals surface area contributed by atoms with E-state index in [4.69, 9.17) is 11.0 Å². The Morgan fingerprint density at radius 1 is 1.53 bits per heavy atom. The summed E-state index contributed by atoms with van der Waals surface area (Å²) < 4.78 is 7.42. The largest absolute Gasteiger partial charge is 0.464 e. The van der Waals surface area contributed by atoms with E-state index in [9.17, 15) is 4.79 Å². The van der Waals surface area contributed by atoms with Gasteiger partial charge in [-0.3, -0.25) is 0 Å². The summed E-state index contributed by atoms with van der Waals surface area (Å²) in [6, 6.07) is 2.05. The minimum Gasteiger partial charge on any atom is -0.464 e. The van der Waals surface area contributed by atoms with Crippen LogP contribution in [0.2, 0.25) is 0 Å². The third-order valence-corrected chi connectivity index (χ3v) is 2.64. The average molecular weight is 260 g/mol. The van der Waals surface area contributed by atoms with Crippen molar-refractivity contribution in [3.8, 4) is 11.9 Å². The van der Waals surface area contributed by atoms with Crippen molar-refractivity contribution in [3.05, 3.63) is 23.1 Å². The second-order valence-corrected chi connectivity index (χ2v) is 3.89. The predicted octanol–water partition coefficient (Wildman–Crippen LogP) is 0.155. The standard InChI is InChI=1S/C11H12N6O2/c1-6-7(4-12)10(16(2)14-6)17-5-8(13)9(15-17)11(18)19-3/h5H,13H2,1-3H3. The molecule has 98 valence electrons. The van der Waals surface area contributed by atoms with Gasteiger partial charge in [-0.15, -0.1) is 0 Å². The number of hydrogen-bond donors (Lipinski definition) is 1. The van der Waals surface area contributed by atoms with E-state index in [2.05, 4.69) is 21.0 Å². The van der Waals surface area contributed by atoms with E-state index in [1.54, 1.807) is 14.0 Å². The number of ether oxygens (including phenoxy) is 1. The minimum absolute atomic E-state index is 0.00485. The van der Waals surface area contributed by atoms with Gasteiger partial charge in [-0.2, -0.15) is 15.5 Å². The highest BCUT2D eigenvalue weighted by Crippen LogP contribution is 2.19. The van der Waals surface area contributed by atoms with Crippen LogP contribution in [0.5, 0.6) is 0 Å². The second-order valence-electron chi connectivity index (χ2n) is 3.89. The predicted molar refractivity (Wildman–Crippen MR) is 65.5 cm³/mol. The van der Waals surface area contributed by atoms with Gasteiger partial charge < -0.3 is 10.5 Å². The van der Waals surface area contributed by atoms with Crippen LogP contribution in [0.25, 0.3) is 5.82 Å². The highest BCUT2D eigenvalue weighted by Gasteiger charge is 2.20.